The smallest absolute Gasteiger partial charge is 0.323 e. The third-order valence-electron chi connectivity index (χ3n) is 3.06. The van der Waals surface area contributed by atoms with Gasteiger partial charge in [-0.05, 0) is 25.2 Å². The number of likely N-dealkylation sites (N-methyl/N-ethyl adjacent to an activating group) is 1. The first kappa shape index (κ1) is 14.6. The standard InChI is InChI=1S/C10H23NO3Si/c1-10(2,3)15(5,6)14-7-8(11-4)9(12)13/h8,11H,7H2,1-6H3,(H,12,13)/t8-/m0/s1. The Hall–Kier alpha value is -0.393. The summed E-state index contributed by atoms with van der Waals surface area (Å²) in [6.07, 6.45) is 0. The number of carbonyl (C=O) groups is 1. The summed E-state index contributed by atoms with van der Waals surface area (Å²) in [4.78, 5) is 10.8. The summed E-state index contributed by atoms with van der Waals surface area (Å²) in [5.74, 6) is -0.865. The Balaban J connectivity index is 4.31. The molecule has 0 saturated carbocycles. The molecule has 1 atom stereocenters. The molecule has 0 bridgehead atoms. The van der Waals surface area contributed by atoms with Gasteiger partial charge in [0.2, 0.25) is 0 Å². The maximum atomic E-state index is 10.8. The molecule has 0 aliphatic heterocycles. The van der Waals surface area contributed by atoms with Gasteiger partial charge in [-0.3, -0.25) is 4.79 Å². The van der Waals surface area contributed by atoms with E-state index in [2.05, 4.69) is 39.2 Å². The average Bonchev–Trinajstić information content (AvgIpc) is 2.02. The summed E-state index contributed by atoms with van der Waals surface area (Å²) < 4.78 is 5.80. The Morgan fingerprint density at radius 3 is 2.20 bits per heavy atom. The van der Waals surface area contributed by atoms with Crippen molar-refractivity contribution in [3.05, 3.63) is 0 Å². The normalized spacial score (nSPS) is 15.1. The Labute approximate surface area is 93.1 Å². The molecule has 5 heteroatoms. The number of carboxylic acid groups (broad SMARTS) is 1. The first-order valence-electron chi connectivity index (χ1n) is 5.16. The number of hydrogen-bond donors (Lipinski definition) is 2. The van der Waals surface area contributed by atoms with Crippen molar-refractivity contribution in [3.8, 4) is 0 Å². The van der Waals surface area contributed by atoms with E-state index in [9.17, 15) is 4.79 Å². The maximum absolute atomic E-state index is 10.8. The second-order valence-electron chi connectivity index (χ2n) is 5.25. The van der Waals surface area contributed by atoms with Crippen LogP contribution in [0.2, 0.25) is 18.1 Å². The number of nitrogens with one attached hydrogen (secondary N) is 1. The molecule has 0 aromatic rings. The molecule has 15 heavy (non-hydrogen) atoms. The van der Waals surface area contributed by atoms with Crippen molar-refractivity contribution in [1.82, 2.24) is 5.32 Å². The molecule has 0 radical (unpaired) electrons. The molecular formula is C10H23NO3Si. The summed E-state index contributed by atoms with van der Waals surface area (Å²) in [6.45, 7) is 10.9. The van der Waals surface area contributed by atoms with Crippen LogP contribution < -0.4 is 5.32 Å². The predicted molar refractivity (Wildman–Crippen MR) is 63.6 cm³/mol. The van der Waals surface area contributed by atoms with Crippen molar-refractivity contribution in [2.75, 3.05) is 13.7 Å². The van der Waals surface area contributed by atoms with Gasteiger partial charge in [-0.25, -0.2) is 0 Å². The van der Waals surface area contributed by atoms with Gasteiger partial charge in [-0.2, -0.15) is 0 Å². The van der Waals surface area contributed by atoms with Gasteiger partial charge in [0.05, 0.1) is 6.61 Å². The van der Waals surface area contributed by atoms with Crippen LogP contribution in [-0.4, -0.2) is 39.1 Å². The molecule has 0 fully saturated rings. The van der Waals surface area contributed by atoms with Crippen LogP contribution in [0, 0.1) is 0 Å². The van der Waals surface area contributed by atoms with Crippen molar-refractivity contribution in [1.29, 1.82) is 0 Å². The van der Waals surface area contributed by atoms with Gasteiger partial charge in [0.15, 0.2) is 8.32 Å². The molecule has 0 rings (SSSR count). The fourth-order valence-corrected chi connectivity index (χ4v) is 1.80. The topological polar surface area (TPSA) is 58.6 Å². The lowest BCUT2D eigenvalue weighted by molar-refractivity contribution is -0.140. The molecule has 90 valence electrons. The van der Waals surface area contributed by atoms with Crippen LogP contribution in [0.15, 0.2) is 0 Å². The summed E-state index contributed by atoms with van der Waals surface area (Å²) in [7, 11) is -0.200. The van der Waals surface area contributed by atoms with Crippen LogP contribution >= 0.6 is 0 Å². The molecule has 0 aliphatic carbocycles. The molecule has 0 aliphatic rings. The van der Waals surface area contributed by atoms with E-state index in [0.717, 1.165) is 0 Å². The minimum Gasteiger partial charge on any atom is -0.480 e. The van der Waals surface area contributed by atoms with Crippen molar-refractivity contribution in [2.45, 2.75) is 44.9 Å². The molecule has 2 N–H and O–H groups in total. The van der Waals surface area contributed by atoms with E-state index < -0.39 is 20.3 Å². The zero-order valence-corrected chi connectivity index (χ0v) is 11.5. The molecule has 0 amide bonds. The van der Waals surface area contributed by atoms with Crippen LogP contribution in [0.4, 0.5) is 0 Å². The van der Waals surface area contributed by atoms with E-state index in [1.165, 1.54) is 0 Å². The summed E-state index contributed by atoms with van der Waals surface area (Å²) in [6, 6.07) is -0.612. The Bertz CT molecular complexity index is 223. The lowest BCUT2D eigenvalue weighted by atomic mass is 10.2. The Morgan fingerprint density at radius 1 is 1.47 bits per heavy atom. The second-order valence-corrected chi connectivity index (χ2v) is 10.1. The number of rotatable bonds is 5. The van der Waals surface area contributed by atoms with E-state index >= 15 is 0 Å². The highest BCUT2D eigenvalue weighted by Crippen LogP contribution is 2.36. The summed E-state index contributed by atoms with van der Waals surface area (Å²) in [5.41, 5.74) is 0. The Kier molecular flexibility index (Phi) is 4.96. The third kappa shape index (κ3) is 4.32. The zero-order valence-electron chi connectivity index (χ0n) is 10.5. The lowest BCUT2D eigenvalue weighted by Crippen LogP contribution is -2.46. The van der Waals surface area contributed by atoms with Crippen LogP contribution in [0.1, 0.15) is 20.8 Å². The number of carboxylic acids is 1. The number of aliphatic carboxylic acids is 1. The molecule has 4 nitrogen and oxygen atoms in total. The van der Waals surface area contributed by atoms with Gasteiger partial charge in [0, 0.05) is 0 Å². The minimum atomic E-state index is -1.83. The van der Waals surface area contributed by atoms with Crippen LogP contribution in [0.3, 0.4) is 0 Å². The first-order chi connectivity index (χ1) is 6.62. The SMILES string of the molecule is CN[C@@H](CO[Si](C)(C)C(C)(C)C)C(=O)O. The molecule has 0 aromatic heterocycles. The van der Waals surface area contributed by atoms with Gasteiger partial charge in [0.25, 0.3) is 0 Å². The van der Waals surface area contributed by atoms with Crippen molar-refractivity contribution in [3.63, 3.8) is 0 Å². The number of hydrogen-bond acceptors (Lipinski definition) is 3. The molecule has 0 heterocycles. The van der Waals surface area contributed by atoms with Gasteiger partial charge in [-0.1, -0.05) is 20.8 Å². The third-order valence-corrected chi connectivity index (χ3v) is 7.56. The second kappa shape index (κ2) is 5.09. The molecule has 0 saturated heterocycles. The average molecular weight is 233 g/mol. The van der Waals surface area contributed by atoms with E-state index in [0.29, 0.717) is 0 Å². The van der Waals surface area contributed by atoms with Gasteiger partial charge in [0.1, 0.15) is 6.04 Å². The van der Waals surface area contributed by atoms with Crippen LogP contribution in [0.5, 0.6) is 0 Å². The highest BCUT2D eigenvalue weighted by Gasteiger charge is 2.37. The van der Waals surface area contributed by atoms with Crippen molar-refractivity contribution in [2.24, 2.45) is 0 Å². The molecule has 0 aromatic carbocycles. The maximum Gasteiger partial charge on any atom is 0.323 e. The summed E-state index contributed by atoms with van der Waals surface area (Å²) in [5, 5.41) is 11.7. The summed E-state index contributed by atoms with van der Waals surface area (Å²) >= 11 is 0. The molecule has 0 unspecified atom stereocenters. The quantitative estimate of drug-likeness (QED) is 0.709. The van der Waals surface area contributed by atoms with E-state index in [-0.39, 0.29) is 11.6 Å². The predicted octanol–water partition coefficient (Wildman–Crippen LogP) is 1.68. The van der Waals surface area contributed by atoms with Gasteiger partial charge < -0.3 is 14.8 Å². The van der Waals surface area contributed by atoms with Gasteiger partial charge in [-0.15, -0.1) is 0 Å². The minimum absolute atomic E-state index is 0.115. The zero-order chi connectivity index (χ0) is 12.3. The molecule has 0 spiro atoms. The lowest BCUT2D eigenvalue weighted by Gasteiger charge is -2.36. The Morgan fingerprint density at radius 2 is 1.93 bits per heavy atom. The highest BCUT2D eigenvalue weighted by molar-refractivity contribution is 6.74. The molecular weight excluding hydrogens is 210 g/mol. The monoisotopic (exact) mass is 233 g/mol. The van der Waals surface area contributed by atoms with Crippen molar-refractivity contribution >= 4 is 14.3 Å². The van der Waals surface area contributed by atoms with Crippen LogP contribution in [0.25, 0.3) is 0 Å². The van der Waals surface area contributed by atoms with E-state index in [1.807, 2.05) is 0 Å². The van der Waals surface area contributed by atoms with Crippen molar-refractivity contribution < 1.29 is 14.3 Å². The van der Waals surface area contributed by atoms with E-state index in [1.54, 1.807) is 7.05 Å². The first-order valence-corrected chi connectivity index (χ1v) is 8.06. The highest BCUT2D eigenvalue weighted by atomic mass is 28.4. The fourth-order valence-electron chi connectivity index (χ4n) is 0.786. The largest absolute Gasteiger partial charge is 0.480 e. The van der Waals surface area contributed by atoms with Crippen LogP contribution in [-0.2, 0) is 9.22 Å². The fraction of sp³-hybridized carbons (Fsp3) is 0.900. The van der Waals surface area contributed by atoms with E-state index in [4.69, 9.17) is 9.53 Å². The van der Waals surface area contributed by atoms with Gasteiger partial charge >= 0.3 is 5.97 Å².